The Morgan fingerprint density at radius 2 is 2.00 bits per heavy atom. The van der Waals surface area contributed by atoms with Crippen LogP contribution in [0.15, 0.2) is 11.8 Å². The zero-order chi connectivity index (χ0) is 14.8. The second kappa shape index (κ2) is 5.76. The van der Waals surface area contributed by atoms with E-state index in [0.717, 1.165) is 12.1 Å². The van der Waals surface area contributed by atoms with Crippen molar-refractivity contribution in [3.8, 4) is 0 Å². The van der Waals surface area contributed by atoms with Gasteiger partial charge in [0.25, 0.3) is 0 Å². The number of nitrogens with zero attached hydrogens (tertiary/aromatic N) is 1. The van der Waals surface area contributed by atoms with Crippen LogP contribution in [0.3, 0.4) is 0 Å². The van der Waals surface area contributed by atoms with Crippen LogP contribution in [0.25, 0.3) is 0 Å². The average Bonchev–Trinajstić information content (AvgIpc) is 2.53. The minimum Gasteiger partial charge on any atom is -0.443 e. The molecule has 0 aromatic heterocycles. The van der Waals surface area contributed by atoms with E-state index in [1.165, 1.54) is 0 Å². The summed E-state index contributed by atoms with van der Waals surface area (Å²) in [5.74, 6) is 0.0786. The van der Waals surface area contributed by atoms with Crippen molar-refractivity contribution in [3.05, 3.63) is 11.8 Å². The van der Waals surface area contributed by atoms with Gasteiger partial charge in [0.1, 0.15) is 11.6 Å². The molecule has 0 aromatic carbocycles. The largest absolute Gasteiger partial charge is 0.443 e. The summed E-state index contributed by atoms with van der Waals surface area (Å²) in [6, 6.07) is -0.420. The van der Waals surface area contributed by atoms with Crippen LogP contribution in [-0.2, 0) is 9.53 Å². The fourth-order valence-corrected chi connectivity index (χ4v) is 2.24. The summed E-state index contributed by atoms with van der Waals surface area (Å²) in [5, 5.41) is 0. The molecule has 0 radical (unpaired) electrons. The molecule has 0 saturated heterocycles. The minimum atomic E-state index is -0.554. The number of rotatable bonds is 3. The van der Waals surface area contributed by atoms with Gasteiger partial charge < -0.3 is 4.74 Å². The number of carbonyl (C=O) groups excluding carboxylic acids is 2. The molecule has 19 heavy (non-hydrogen) atoms. The highest BCUT2D eigenvalue weighted by Crippen LogP contribution is 2.29. The molecule has 0 aromatic rings. The highest BCUT2D eigenvalue weighted by Gasteiger charge is 2.40. The monoisotopic (exact) mass is 267 g/mol. The Bertz CT molecular complexity index is 391. The summed E-state index contributed by atoms with van der Waals surface area (Å²) in [7, 11) is 0. The molecule has 1 atom stereocenters. The third-order valence-electron chi connectivity index (χ3n) is 2.92. The molecule has 1 rings (SSSR count). The summed E-state index contributed by atoms with van der Waals surface area (Å²) in [6.45, 7) is 11.4. The summed E-state index contributed by atoms with van der Waals surface area (Å²) < 4.78 is 5.42. The molecule has 0 aliphatic carbocycles. The SMILES string of the molecule is CCCC1=CC(=O)[C@H](C(C)C)N1C(=O)OC(C)(C)C. The lowest BCUT2D eigenvalue weighted by Gasteiger charge is -2.31. The zero-order valence-electron chi connectivity index (χ0n) is 12.8. The maximum Gasteiger partial charge on any atom is 0.415 e. The van der Waals surface area contributed by atoms with E-state index in [-0.39, 0.29) is 11.7 Å². The van der Waals surface area contributed by atoms with E-state index < -0.39 is 17.7 Å². The third-order valence-corrected chi connectivity index (χ3v) is 2.92. The van der Waals surface area contributed by atoms with Crippen LogP contribution < -0.4 is 0 Å². The number of allylic oxidation sites excluding steroid dienone is 1. The van der Waals surface area contributed by atoms with Gasteiger partial charge in [-0.3, -0.25) is 9.69 Å². The molecule has 1 aliphatic heterocycles. The third kappa shape index (κ3) is 3.82. The molecule has 1 heterocycles. The number of hydrogen-bond acceptors (Lipinski definition) is 3. The van der Waals surface area contributed by atoms with Crippen LogP contribution >= 0.6 is 0 Å². The van der Waals surface area contributed by atoms with E-state index in [1.54, 1.807) is 11.0 Å². The van der Waals surface area contributed by atoms with Crippen LogP contribution in [0.4, 0.5) is 4.79 Å². The van der Waals surface area contributed by atoms with Crippen LogP contribution in [0.5, 0.6) is 0 Å². The highest BCUT2D eigenvalue weighted by molar-refractivity contribution is 6.00. The molecule has 1 aliphatic rings. The molecule has 1 amide bonds. The Morgan fingerprint density at radius 3 is 2.42 bits per heavy atom. The predicted molar refractivity (Wildman–Crippen MR) is 74.7 cm³/mol. The smallest absolute Gasteiger partial charge is 0.415 e. The van der Waals surface area contributed by atoms with Crippen LogP contribution in [0.2, 0.25) is 0 Å². The Hall–Kier alpha value is -1.32. The molecule has 4 nitrogen and oxygen atoms in total. The fourth-order valence-electron chi connectivity index (χ4n) is 2.24. The van der Waals surface area contributed by atoms with Gasteiger partial charge in [-0.25, -0.2) is 4.79 Å². The number of ketones is 1. The van der Waals surface area contributed by atoms with Crippen LogP contribution in [0.1, 0.15) is 54.4 Å². The number of amides is 1. The van der Waals surface area contributed by atoms with Crippen LogP contribution in [-0.4, -0.2) is 28.4 Å². The first-order chi connectivity index (χ1) is 8.67. The summed E-state index contributed by atoms with van der Waals surface area (Å²) in [6.07, 6.45) is 2.78. The number of ether oxygens (including phenoxy) is 1. The molecule has 0 fully saturated rings. The lowest BCUT2D eigenvalue weighted by Crippen LogP contribution is -2.44. The van der Waals surface area contributed by atoms with Crippen molar-refractivity contribution in [2.45, 2.75) is 66.0 Å². The van der Waals surface area contributed by atoms with Crippen molar-refractivity contribution in [3.63, 3.8) is 0 Å². The molecule has 0 unspecified atom stereocenters. The fraction of sp³-hybridized carbons (Fsp3) is 0.733. The average molecular weight is 267 g/mol. The number of hydrogen-bond donors (Lipinski definition) is 0. The lowest BCUT2D eigenvalue weighted by atomic mass is 10.0. The zero-order valence-corrected chi connectivity index (χ0v) is 12.8. The van der Waals surface area contributed by atoms with Gasteiger partial charge in [0.05, 0.1) is 0 Å². The maximum atomic E-state index is 12.3. The second-order valence-electron chi connectivity index (χ2n) is 6.33. The van der Waals surface area contributed by atoms with Crippen molar-refractivity contribution < 1.29 is 14.3 Å². The Labute approximate surface area is 115 Å². The van der Waals surface area contributed by atoms with E-state index in [2.05, 4.69) is 0 Å². The van der Waals surface area contributed by atoms with Crippen molar-refractivity contribution >= 4 is 11.9 Å². The Kier molecular flexibility index (Phi) is 4.77. The van der Waals surface area contributed by atoms with Crippen molar-refractivity contribution in [2.75, 3.05) is 0 Å². The predicted octanol–water partition coefficient (Wildman–Crippen LogP) is 3.51. The van der Waals surface area contributed by atoms with Gasteiger partial charge in [0.2, 0.25) is 0 Å². The standard InChI is InChI=1S/C15H25NO3/c1-7-8-11-9-12(17)13(10(2)3)16(11)14(18)19-15(4,5)6/h9-10,13H,7-8H2,1-6H3/t13-/m0/s1. The van der Waals surface area contributed by atoms with E-state index in [4.69, 9.17) is 4.74 Å². The molecule has 4 heteroatoms. The molecular weight excluding hydrogens is 242 g/mol. The minimum absolute atomic E-state index is 0.00399. The van der Waals surface area contributed by atoms with Gasteiger partial charge in [0.15, 0.2) is 5.78 Å². The first-order valence-corrected chi connectivity index (χ1v) is 6.94. The van der Waals surface area contributed by atoms with Gasteiger partial charge in [0, 0.05) is 11.8 Å². The van der Waals surface area contributed by atoms with Gasteiger partial charge in [-0.1, -0.05) is 27.2 Å². The van der Waals surface area contributed by atoms with Crippen LogP contribution in [0, 0.1) is 5.92 Å². The normalized spacial score (nSPS) is 19.9. The Balaban J connectivity index is 2.99. The van der Waals surface area contributed by atoms with Crippen molar-refractivity contribution in [2.24, 2.45) is 5.92 Å². The van der Waals surface area contributed by atoms with E-state index >= 15 is 0 Å². The molecule has 0 saturated carbocycles. The van der Waals surface area contributed by atoms with Crippen molar-refractivity contribution in [1.29, 1.82) is 0 Å². The number of carbonyl (C=O) groups is 2. The van der Waals surface area contributed by atoms with Gasteiger partial charge in [-0.2, -0.15) is 0 Å². The van der Waals surface area contributed by atoms with E-state index in [9.17, 15) is 9.59 Å². The highest BCUT2D eigenvalue weighted by atomic mass is 16.6. The quantitative estimate of drug-likeness (QED) is 0.786. The van der Waals surface area contributed by atoms with Gasteiger partial charge in [-0.05, 0) is 33.1 Å². The summed E-state index contributed by atoms with van der Waals surface area (Å²) >= 11 is 0. The molecule has 0 spiro atoms. The topological polar surface area (TPSA) is 46.6 Å². The molecular formula is C15H25NO3. The Morgan fingerprint density at radius 1 is 1.42 bits per heavy atom. The second-order valence-corrected chi connectivity index (χ2v) is 6.33. The van der Waals surface area contributed by atoms with E-state index in [0.29, 0.717) is 6.42 Å². The summed E-state index contributed by atoms with van der Waals surface area (Å²) in [4.78, 5) is 25.9. The van der Waals surface area contributed by atoms with E-state index in [1.807, 2.05) is 41.5 Å². The van der Waals surface area contributed by atoms with Gasteiger partial charge in [-0.15, -0.1) is 0 Å². The first kappa shape index (κ1) is 15.7. The maximum absolute atomic E-state index is 12.3. The van der Waals surface area contributed by atoms with Crippen molar-refractivity contribution in [1.82, 2.24) is 4.90 Å². The van der Waals surface area contributed by atoms with Gasteiger partial charge >= 0.3 is 6.09 Å². The first-order valence-electron chi connectivity index (χ1n) is 6.94. The summed E-state index contributed by atoms with van der Waals surface area (Å²) in [5.41, 5.74) is 0.224. The molecule has 0 N–H and O–H groups in total. The molecule has 108 valence electrons. The molecule has 0 bridgehead atoms. The lowest BCUT2D eigenvalue weighted by molar-refractivity contribution is -0.118.